The maximum Gasteiger partial charge on any atom is 0.335 e. The molecular weight excluding hydrogens is 226 g/mol. The van der Waals surface area contributed by atoms with Crippen molar-refractivity contribution in [1.29, 1.82) is 0 Å². The van der Waals surface area contributed by atoms with Crippen molar-refractivity contribution in [2.24, 2.45) is 0 Å². The predicted octanol–water partition coefficient (Wildman–Crippen LogP) is -0.296. The van der Waals surface area contributed by atoms with Crippen LogP contribution >= 0.6 is 0 Å². The Hall–Kier alpha value is -1.63. The molecule has 94 valence electrons. The van der Waals surface area contributed by atoms with Gasteiger partial charge in [0.1, 0.15) is 11.9 Å². The van der Waals surface area contributed by atoms with E-state index in [1.54, 1.807) is 7.05 Å². The van der Waals surface area contributed by atoms with Crippen LogP contribution in [0.4, 0.5) is 0 Å². The number of aliphatic hydroxyl groups is 2. The zero-order valence-corrected chi connectivity index (χ0v) is 9.29. The number of carbonyl (C=O) groups is 1. The molecule has 0 radical (unpaired) electrons. The fourth-order valence-electron chi connectivity index (χ4n) is 1.45. The number of hydrogen-bond acceptors (Lipinski definition) is 5. The van der Waals surface area contributed by atoms with E-state index in [0.29, 0.717) is 0 Å². The van der Waals surface area contributed by atoms with Crippen LogP contribution in [0, 0.1) is 0 Å². The molecule has 0 fully saturated rings. The van der Waals surface area contributed by atoms with Crippen molar-refractivity contribution in [3.63, 3.8) is 0 Å². The summed E-state index contributed by atoms with van der Waals surface area (Å²) in [5.74, 6) is -1.52. The van der Waals surface area contributed by atoms with Crippen LogP contribution in [0.1, 0.15) is 22.0 Å². The molecular formula is C11H15NO5. The minimum Gasteiger partial charge on any atom is -0.508 e. The van der Waals surface area contributed by atoms with Gasteiger partial charge in [-0.15, -0.1) is 0 Å². The van der Waals surface area contributed by atoms with Crippen LogP contribution < -0.4 is 5.32 Å². The second kappa shape index (κ2) is 5.62. The molecule has 1 aromatic carbocycles. The standard InChI is InChI=1S/C11H15NO5/c1-12-5-9(14)10(15)7-3-2-6(11(16)17)4-8(7)13/h2-4,9-10,12-15H,5H2,1H3,(H,16,17). The number of carboxylic acids is 1. The Labute approximate surface area is 98.1 Å². The van der Waals surface area contributed by atoms with Crippen molar-refractivity contribution in [2.75, 3.05) is 13.6 Å². The van der Waals surface area contributed by atoms with Gasteiger partial charge >= 0.3 is 5.97 Å². The molecule has 0 aromatic heterocycles. The van der Waals surface area contributed by atoms with Crippen molar-refractivity contribution in [1.82, 2.24) is 5.32 Å². The summed E-state index contributed by atoms with van der Waals surface area (Å²) in [7, 11) is 1.61. The first-order valence-corrected chi connectivity index (χ1v) is 5.04. The van der Waals surface area contributed by atoms with Gasteiger partial charge in [0.2, 0.25) is 0 Å². The number of phenolic OH excluding ortho intramolecular Hbond substituents is 1. The number of aromatic hydroxyl groups is 1. The number of phenols is 1. The Morgan fingerprint density at radius 2 is 2.06 bits per heavy atom. The van der Waals surface area contributed by atoms with E-state index in [1.807, 2.05) is 0 Å². The molecule has 0 bridgehead atoms. The van der Waals surface area contributed by atoms with Crippen LogP contribution in [-0.2, 0) is 0 Å². The van der Waals surface area contributed by atoms with Gasteiger partial charge in [-0.25, -0.2) is 4.79 Å². The Morgan fingerprint density at radius 3 is 2.53 bits per heavy atom. The summed E-state index contributed by atoms with van der Waals surface area (Å²) in [5.41, 5.74) is 0.0132. The molecule has 0 amide bonds. The Balaban J connectivity index is 2.95. The Bertz CT molecular complexity index is 407. The molecule has 6 heteroatoms. The molecule has 1 rings (SSSR count). The maximum atomic E-state index is 10.6. The van der Waals surface area contributed by atoms with Crippen molar-refractivity contribution in [3.8, 4) is 5.75 Å². The summed E-state index contributed by atoms with van der Waals surface area (Å²) < 4.78 is 0. The van der Waals surface area contributed by atoms with Gasteiger partial charge in [-0.1, -0.05) is 6.07 Å². The van der Waals surface area contributed by atoms with Gasteiger partial charge in [-0.3, -0.25) is 0 Å². The van der Waals surface area contributed by atoms with E-state index in [9.17, 15) is 20.1 Å². The smallest absolute Gasteiger partial charge is 0.335 e. The molecule has 1 aromatic rings. The van der Waals surface area contributed by atoms with Crippen LogP contribution in [0.25, 0.3) is 0 Å². The predicted molar refractivity (Wildman–Crippen MR) is 60.0 cm³/mol. The average Bonchev–Trinajstić information content (AvgIpc) is 2.28. The van der Waals surface area contributed by atoms with Crippen molar-refractivity contribution < 1.29 is 25.2 Å². The van der Waals surface area contributed by atoms with Gasteiger partial charge in [0.05, 0.1) is 11.7 Å². The highest BCUT2D eigenvalue weighted by Crippen LogP contribution is 2.27. The second-order valence-corrected chi connectivity index (χ2v) is 3.65. The molecule has 0 saturated carbocycles. The van der Waals surface area contributed by atoms with Gasteiger partial charge in [-0.2, -0.15) is 0 Å². The molecule has 0 aliphatic carbocycles. The normalized spacial score (nSPS) is 14.3. The summed E-state index contributed by atoms with van der Waals surface area (Å²) >= 11 is 0. The van der Waals surface area contributed by atoms with Gasteiger partial charge in [0.15, 0.2) is 0 Å². The van der Waals surface area contributed by atoms with Crippen LogP contribution in [0.3, 0.4) is 0 Å². The second-order valence-electron chi connectivity index (χ2n) is 3.65. The molecule has 0 heterocycles. The molecule has 0 spiro atoms. The van der Waals surface area contributed by atoms with E-state index in [4.69, 9.17) is 5.11 Å². The summed E-state index contributed by atoms with van der Waals surface area (Å²) in [6.45, 7) is 0.154. The fraction of sp³-hybridized carbons (Fsp3) is 0.364. The highest BCUT2D eigenvalue weighted by molar-refractivity contribution is 5.88. The van der Waals surface area contributed by atoms with E-state index < -0.39 is 18.2 Å². The Kier molecular flexibility index (Phi) is 4.45. The minimum absolute atomic E-state index is 0.0819. The molecule has 2 atom stereocenters. The zero-order chi connectivity index (χ0) is 13.0. The molecule has 0 aliphatic heterocycles. The molecule has 6 nitrogen and oxygen atoms in total. The zero-order valence-electron chi connectivity index (χ0n) is 9.29. The number of hydrogen-bond donors (Lipinski definition) is 5. The van der Waals surface area contributed by atoms with E-state index >= 15 is 0 Å². The Morgan fingerprint density at radius 1 is 1.41 bits per heavy atom. The van der Waals surface area contributed by atoms with Crippen LogP contribution in [0.2, 0.25) is 0 Å². The largest absolute Gasteiger partial charge is 0.508 e. The van der Waals surface area contributed by atoms with Gasteiger partial charge in [0.25, 0.3) is 0 Å². The van der Waals surface area contributed by atoms with Crippen LogP contribution in [0.5, 0.6) is 5.75 Å². The first-order valence-electron chi connectivity index (χ1n) is 5.04. The van der Waals surface area contributed by atoms with Crippen molar-refractivity contribution >= 4 is 5.97 Å². The number of aromatic carboxylic acids is 1. The lowest BCUT2D eigenvalue weighted by Crippen LogP contribution is -2.29. The van der Waals surface area contributed by atoms with E-state index in [0.717, 1.165) is 6.07 Å². The lowest BCUT2D eigenvalue weighted by atomic mass is 10.0. The van der Waals surface area contributed by atoms with Gasteiger partial charge in [-0.05, 0) is 19.2 Å². The number of likely N-dealkylation sites (N-methyl/N-ethyl adjacent to an activating group) is 1. The molecule has 17 heavy (non-hydrogen) atoms. The first kappa shape index (κ1) is 13.4. The summed E-state index contributed by atoms with van der Waals surface area (Å²) in [6, 6.07) is 3.57. The number of carboxylic acid groups (broad SMARTS) is 1. The topological polar surface area (TPSA) is 110 Å². The van der Waals surface area contributed by atoms with Crippen molar-refractivity contribution in [2.45, 2.75) is 12.2 Å². The van der Waals surface area contributed by atoms with E-state index in [1.165, 1.54) is 12.1 Å². The minimum atomic E-state index is -1.27. The number of aliphatic hydroxyl groups excluding tert-OH is 2. The average molecular weight is 241 g/mol. The number of benzene rings is 1. The molecule has 0 saturated heterocycles. The lowest BCUT2D eigenvalue weighted by molar-refractivity contribution is 0.0189. The third-order valence-electron chi connectivity index (χ3n) is 2.37. The third-order valence-corrected chi connectivity index (χ3v) is 2.37. The molecule has 0 aliphatic rings. The highest BCUT2D eigenvalue weighted by atomic mass is 16.4. The number of rotatable bonds is 5. The SMILES string of the molecule is CNCC(O)C(O)c1ccc(C(=O)O)cc1O. The van der Waals surface area contributed by atoms with Crippen LogP contribution in [0.15, 0.2) is 18.2 Å². The van der Waals surface area contributed by atoms with E-state index in [-0.39, 0.29) is 23.4 Å². The van der Waals surface area contributed by atoms with Gasteiger partial charge in [0, 0.05) is 12.1 Å². The lowest BCUT2D eigenvalue weighted by Gasteiger charge is -2.18. The fourth-order valence-corrected chi connectivity index (χ4v) is 1.45. The van der Waals surface area contributed by atoms with Crippen molar-refractivity contribution in [3.05, 3.63) is 29.3 Å². The quantitative estimate of drug-likeness (QED) is 0.484. The number of nitrogens with one attached hydrogen (secondary N) is 1. The molecule has 5 N–H and O–H groups in total. The third kappa shape index (κ3) is 3.16. The summed E-state index contributed by atoms with van der Waals surface area (Å²) in [5, 5.41) is 40.2. The first-order chi connectivity index (χ1) is 7.97. The monoisotopic (exact) mass is 241 g/mol. The van der Waals surface area contributed by atoms with E-state index in [2.05, 4.69) is 5.32 Å². The summed E-state index contributed by atoms with van der Waals surface area (Å²) in [4.78, 5) is 10.6. The van der Waals surface area contributed by atoms with Gasteiger partial charge < -0.3 is 25.7 Å². The highest BCUT2D eigenvalue weighted by Gasteiger charge is 2.21. The maximum absolute atomic E-state index is 10.6. The van der Waals surface area contributed by atoms with Crippen LogP contribution in [-0.4, -0.2) is 46.1 Å². The molecule has 2 unspecified atom stereocenters. The summed E-state index contributed by atoms with van der Waals surface area (Å²) in [6.07, 6.45) is -2.35.